The highest BCUT2D eigenvalue weighted by atomic mass is 16.7. The number of hydrogen-bond acceptors (Lipinski definition) is 5. The van der Waals surface area contributed by atoms with Gasteiger partial charge in [0.1, 0.15) is 12.3 Å². The zero-order chi connectivity index (χ0) is 20.8. The molecule has 1 aromatic carbocycles. The fourth-order valence-electron chi connectivity index (χ4n) is 2.99. The van der Waals surface area contributed by atoms with Gasteiger partial charge in [0, 0.05) is 27.2 Å². The van der Waals surface area contributed by atoms with Crippen LogP contribution in [-0.4, -0.2) is 60.6 Å². The van der Waals surface area contributed by atoms with Crippen LogP contribution in [0.3, 0.4) is 0 Å². The molecule has 0 saturated heterocycles. The van der Waals surface area contributed by atoms with Gasteiger partial charge in [-0.25, -0.2) is 4.79 Å². The second-order valence-electron chi connectivity index (χ2n) is 6.86. The maximum atomic E-state index is 13.1. The lowest BCUT2D eigenvalue weighted by Gasteiger charge is -2.28. The normalized spacial score (nSPS) is 11.8. The summed E-state index contributed by atoms with van der Waals surface area (Å²) in [5, 5.41) is 0. The highest BCUT2D eigenvalue weighted by Gasteiger charge is 2.23. The molecule has 0 unspecified atom stereocenters. The Hall–Kier alpha value is -3.42. The molecule has 0 radical (unpaired) electrons. The molecule has 1 aliphatic rings. The van der Waals surface area contributed by atoms with Crippen molar-refractivity contribution >= 4 is 11.9 Å². The van der Waals surface area contributed by atoms with Crippen LogP contribution in [0.1, 0.15) is 11.3 Å². The van der Waals surface area contributed by atoms with Gasteiger partial charge in [-0.1, -0.05) is 12.1 Å². The largest absolute Gasteiger partial charge is 0.467 e. The molecule has 2 aromatic rings. The van der Waals surface area contributed by atoms with E-state index in [-0.39, 0.29) is 31.8 Å². The van der Waals surface area contributed by atoms with Gasteiger partial charge in [-0.2, -0.15) is 0 Å². The van der Waals surface area contributed by atoms with Crippen LogP contribution >= 0.6 is 0 Å². The van der Waals surface area contributed by atoms with Crippen LogP contribution in [0.25, 0.3) is 0 Å². The molecule has 154 valence electrons. The van der Waals surface area contributed by atoms with Gasteiger partial charge in [-0.15, -0.1) is 6.58 Å². The molecule has 0 fully saturated rings. The Morgan fingerprint density at radius 2 is 1.90 bits per heavy atom. The number of amides is 3. The van der Waals surface area contributed by atoms with Gasteiger partial charge in [0.05, 0.1) is 12.8 Å². The van der Waals surface area contributed by atoms with Crippen molar-refractivity contribution in [1.29, 1.82) is 0 Å². The highest BCUT2D eigenvalue weighted by Crippen LogP contribution is 2.33. The van der Waals surface area contributed by atoms with E-state index < -0.39 is 0 Å². The Labute approximate surface area is 169 Å². The molecule has 3 rings (SSSR count). The van der Waals surface area contributed by atoms with Crippen molar-refractivity contribution in [3.8, 4) is 11.5 Å². The molecule has 8 heteroatoms. The Bertz CT molecular complexity index is 863. The maximum Gasteiger partial charge on any atom is 0.320 e. The second kappa shape index (κ2) is 9.18. The molecule has 8 nitrogen and oxygen atoms in total. The van der Waals surface area contributed by atoms with Crippen molar-refractivity contribution in [2.75, 3.05) is 34.0 Å². The third-order valence-corrected chi connectivity index (χ3v) is 4.42. The van der Waals surface area contributed by atoms with Crippen LogP contribution in [0.15, 0.2) is 53.7 Å². The van der Waals surface area contributed by atoms with E-state index in [2.05, 4.69) is 6.58 Å². The number of fused-ring (bicyclic) bond motifs is 1. The van der Waals surface area contributed by atoms with Crippen molar-refractivity contribution in [2.24, 2.45) is 0 Å². The molecule has 1 aromatic heterocycles. The van der Waals surface area contributed by atoms with E-state index in [9.17, 15) is 9.59 Å². The van der Waals surface area contributed by atoms with Crippen LogP contribution in [0.5, 0.6) is 11.5 Å². The van der Waals surface area contributed by atoms with Crippen LogP contribution in [-0.2, 0) is 17.9 Å². The lowest BCUT2D eigenvalue weighted by molar-refractivity contribution is -0.133. The third-order valence-electron chi connectivity index (χ3n) is 4.42. The molecule has 2 heterocycles. The van der Waals surface area contributed by atoms with Crippen molar-refractivity contribution in [3.63, 3.8) is 0 Å². The van der Waals surface area contributed by atoms with E-state index >= 15 is 0 Å². The fourth-order valence-corrected chi connectivity index (χ4v) is 2.99. The van der Waals surface area contributed by atoms with Gasteiger partial charge in [0.25, 0.3) is 0 Å². The smallest absolute Gasteiger partial charge is 0.320 e. The van der Waals surface area contributed by atoms with Gasteiger partial charge in [-0.05, 0) is 29.8 Å². The van der Waals surface area contributed by atoms with Crippen LogP contribution < -0.4 is 9.47 Å². The number of hydrogen-bond donors (Lipinski definition) is 0. The summed E-state index contributed by atoms with van der Waals surface area (Å²) in [6.45, 7) is 4.72. The molecular weight excluding hydrogens is 374 g/mol. The van der Waals surface area contributed by atoms with Crippen molar-refractivity contribution < 1.29 is 23.5 Å². The number of carbonyl (C=O) groups is 2. The number of benzene rings is 1. The summed E-state index contributed by atoms with van der Waals surface area (Å²) in [6.07, 6.45) is 3.17. The molecule has 0 bridgehead atoms. The Morgan fingerprint density at radius 3 is 2.59 bits per heavy atom. The average Bonchev–Trinajstić information content (AvgIpc) is 3.37. The number of ether oxygens (including phenoxy) is 2. The molecular formula is C21H25N3O5. The number of nitrogens with zero attached hydrogens (tertiary/aromatic N) is 3. The Kier molecular flexibility index (Phi) is 6.43. The summed E-state index contributed by atoms with van der Waals surface area (Å²) in [5.74, 6) is 1.81. The molecule has 0 spiro atoms. The standard InChI is InChI=1S/C21H25N3O5/c1-4-9-23(21(26)22(2)3)14-20(25)24(13-17-6-5-10-27-17)12-16-7-8-18-19(11-16)29-15-28-18/h4-8,10-11H,1,9,12-15H2,2-3H3. The summed E-state index contributed by atoms with van der Waals surface area (Å²) < 4.78 is 16.2. The van der Waals surface area contributed by atoms with E-state index in [0.29, 0.717) is 30.3 Å². The lowest BCUT2D eigenvalue weighted by Crippen LogP contribution is -2.46. The number of carbonyl (C=O) groups excluding carboxylic acids is 2. The maximum absolute atomic E-state index is 13.1. The SMILES string of the molecule is C=CCN(CC(=O)N(Cc1ccc2c(c1)OCO2)Cc1ccco1)C(=O)N(C)C. The zero-order valence-corrected chi connectivity index (χ0v) is 16.7. The highest BCUT2D eigenvalue weighted by molar-refractivity contribution is 5.84. The molecule has 1 aliphatic heterocycles. The average molecular weight is 399 g/mol. The summed E-state index contributed by atoms with van der Waals surface area (Å²) in [6, 6.07) is 8.91. The number of furan rings is 1. The predicted molar refractivity (Wildman–Crippen MR) is 106 cm³/mol. The van der Waals surface area contributed by atoms with Gasteiger partial charge in [0.15, 0.2) is 11.5 Å². The van der Waals surface area contributed by atoms with Gasteiger partial charge < -0.3 is 28.6 Å². The molecule has 3 amide bonds. The van der Waals surface area contributed by atoms with E-state index in [1.165, 1.54) is 9.80 Å². The molecule has 0 aliphatic carbocycles. The summed E-state index contributed by atoms with van der Waals surface area (Å²) in [5.41, 5.74) is 0.892. The first-order valence-electron chi connectivity index (χ1n) is 9.23. The lowest BCUT2D eigenvalue weighted by atomic mass is 10.2. The van der Waals surface area contributed by atoms with Gasteiger partial charge in [-0.3, -0.25) is 4.79 Å². The molecule has 29 heavy (non-hydrogen) atoms. The van der Waals surface area contributed by atoms with Crippen molar-refractivity contribution in [2.45, 2.75) is 13.1 Å². The molecule has 0 saturated carbocycles. The van der Waals surface area contributed by atoms with E-state index in [0.717, 1.165) is 5.56 Å². The zero-order valence-electron chi connectivity index (χ0n) is 16.7. The first kappa shape index (κ1) is 20.3. The minimum Gasteiger partial charge on any atom is -0.467 e. The topological polar surface area (TPSA) is 75.5 Å². The minimum absolute atomic E-state index is 0.0612. The van der Waals surface area contributed by atoms with Crippen LogP contribution in [0.2, 0.25) is 0 Å². The van der Waals surface area contributed by atoms with Crippen molar-refractivity contribution in [1.82, 2.24) is 14.7 Å². The predicted octanol–water partition coefficient (Wildman–Crippen LogP) is 2.71. The summed E-state index contributed by atoms with van der Waals surface area (Å²) >= 11 is 0. The second-order valence-corrected chi connectivity index (χ2v) is 6.86. The monoisotopic (exact) mass is 399 g/mol. The van der Waals surface area contributed by atoms with Gasteiger partial charge >= 0.3 is 6.03 Å². The van der Waals surface area contributed by atoms with E-state index in [1.54, 1.807) is 37.4 Å². The summed E-state index contributed by atoms with van der Waals surface area (Å²) in [7, 11) is 3.30. The first-order chi connectivity index (χ1) is 14.0. The van der Waals surface area contributed by atoms with Crippen LogP contribution in [0, 0.1) is 0 Å². The number of urea groups is 1. The van der Waals surface area contributed by atoms with Crippen LogP contribution in [0.4, 0.5) is 4.79 Å². The minimum atomic E-state index is -0.251. The first-order valence-corrected chi connectivity index (χ1v) is 9.23. The molecule has 0 atom stereocenters. The van der Waals surface area contributed by atoms with E-state index in [1.807, 2.05) is 24.3 Å². The van der Waals surface area contributed by atoms with Crippen molar-refractivity contribution in [3.05, 3.63) is 60.6 Å². The van der Waals surface area contributed by atoms with Gasteiger partial charge in [0.2, 0.25) is 12.7 Å². The fraction of sp³-hybridized carbons (Fsp3) is 0.333. The third kappa shape index (κ3) is 5.10. The summed E-state index contributed by atoms with van der Waals surface area (Å²) in [4.78, 5) is 30.0. The quantitative estimate of drug-likeness (QED) is 0.638. The Morgan fingerprint density at radius 1 is 1.10 bits per heavy atom. The molecule has 0 N–H and O–H groups in total. The number of rotatable bonds is 8. The Balaban J connectivity index is 1.77. The van der Waals surface area contributed by atoms with E-state index in [4.69, 9.17) is 13.9 Å².